The van der Waals surface area contributed by atoms with Crippen molar-refractivity contribution in [1.82, 2.24) is 34.5 Å². The SMILES string of the molecule is C=CCn1c(=O)c2cnc(Nc3ccc(N4CCN(CC5CCN(c6ccc(NC7CCC(=O)NC7=O)cc6F)CC5)CC4)c(C)c3)nc2n1-c1ccc2c(n1)[C@@](C)(O)CC2. The highest BCUT2D eigenvalue weighted by Crippen LogP contribution is 2.36. The lowest BCUT2D eigenvalue weighted by molar-refractivity contribution is -0.133. The third kappa shape index (κ3) is 8.09. The van der Waals surface area contributed by atoms with E-state index in [1.165, 1.54) is 16.4 Å². The van der Waals surface area contributed by atoms with Crippen LogP contribution in [0, 0.1) is 18.7 Å². The number of halogens is 1. The summed E-state index contributed by atoms with van der Waals surface area (Å²) >= 11 is 0. The van der Waals surface area contributed by atoms with E-state index < -0.39 is 11.6 Å². The minimum atomic E-state index is -1.04. The molecule has 0 radical (unpaired) electrons. The summed E-state index contributed by atoms with van der Waals surface area (Å²) in [6, 6.07) is 14.6. The van der Waals surface area contributed by atoms with E-state index in [0.717, 1.165) is 81.9 Å². The molecule has 2 atom stereocenters. The van der Waals surface area contributed by atoms with E-state index in [1.807, 2.05) is 18.2 Å². The number of aryl methyl sites for hydroxylation is 2. The summed E-state index contributed by atoms with van der Waals surface area (Å²) in [4.78, 5) is 58.4. The van der Waals surface area contributed by atoms with Gasteiger partial charge in [-0.3, -0.25) is 24.6 Å². The second-order valence-corrected chi connectivity index (χ2v) is 17.0. The van der Waals surface area contributed by atoms with Crippen molar-refractivity contribution in [3.63, 3.8) is 0 Å². The van der Waals surface area contributed by atoms with Crippen molar-refractivity contribution in [2.75, 3.05) is 66.2 Å². The number of anilines is 5. The standard InChI is InChI=1S/C45H52FN11O4/c1-4-17-56-43(60)33-26-47-44(52-41(33)57(56)38-11-5-30-13-16-45(3,61)40(30)50-38)49-31-6-9-36(28(2)24-31)55-22-20-53(21-23-55)27-29-14-18-54(19-15-29)37-10-7-32(25-34(37)46)48-35-8-12-39(58)51-42(35)59/h4-7,9-11,24-26,29,35,48,61H,1,8,12-23,27H2,2-3H3,(H,47,49,52)(H,51,58,59)/t35?,45-/m0/s1. The maximum Gasteiger partial charge on any atom is 0.278 e. The zero-order valence-electron chi connectivity index (χ0n) is 34.7. The number of allylic oxidation sites excluding steroid dienone is 1. The second kappa shape index (κ2) is 16.4. The lowest BCUT2D eigenvalue weighted by Gasteiger charge is -2.40. The molecule has 6 heterocycles. The Morgan fingerprint density at radius 1 is 0.934 bits per heavy atom. The van der Waals surface area contributed by atoms with E-state index in [9.17, 15) is 19.5 Å². The lowest BCUT2D eigenvalue weighted by atomic mass is 9.95. The highest BCUT2D eigenvalue weighted by Gasteiger charge is 2.35. The molecule has 3 saturated heterocycles. The third-order valence-corrected chi connectivity index (χ3v) is 12.7. The predicted molar refractivity (Wildman–Crippen MR) is 233 cm³/mol. The topological polar surface area (TPSA) is 166 Å². The maximum absolute atomic E-state index is 15.3. The maximum atomic E-state index is 15.3. The summed E-state index contributed by atoms with van der Waals surface area (Å²) in [7, 11) is 0. The van der Waals surface area contributed by atoms with Crippen LogP contribution < -0.4 is 31.3 Å². The molecule has 0 saturated carbocycles. The van der Waals surface area contributed by atoms with Gasteiger partial charge in [-0.05, 0) is 105 Å². The van der Waals surface area contributed by atoms with Crippen molar-refractivity contribution in [3.8, 4) is 5.82 Å². The van der Waals surface area contributed by atoms with E-state index in [-0.39, 0.29) is 36.2 Å². The molecule has 318 valence electrons. The number of imide groups is 1. The number of hydrogen-bond donors (Lipinski definition) is 4. The number of pyridine rings is 1. The number of rotatable bonds is 11. The van der Waals surface area contributed by atoms with Crippen molar-refractivity contribution in [1.29, 1.82) is 0 Å². The van der Waals surface area contributed by atoms with Crippen LogP contribution in [0.3, 0.4) is 0 Å². The lowest BCUT2D eigenvalue weighted by Crippen LogP contribution is -2.49. The van der Waals surface area contributed by atoms with Gasteiger partial charge in [-0.25, -0.2) is 23.7 Å². The molecular weight excluding hydrogens is 778 g/mol. The van der Waals surface area contributed by atoms with Gasteiger partial charge in [0, 0.05) is 75.5 Å². The van der Waals surface area contributed by atoms with Crippen LogP contribution in [0.4, 0.5) is 33.1 Å². The molecule has 1 unspecified atom stereocenters. The van der Waals surface area contributed by atoms with E-state index in [1.54, 1.807) is 36.0 Å². The quantitative estimate of drug-likeness (QED) is 0.107. The van der Waals surface area contributed by atoms with Crippen LogP contribution in [0.15, 0.2) is 72.2 Å². The summed E-state index contributed by atoms with van der Waals surface area (Å²) < 4.78 is 18.5. The second-order valence-electron chi connectivity index (χ2n) is 17.0. The Balaban J connectivity index is 0.796. The molecule has 61 heavy (non-hydrogen) atoms. The summed E-state index contributed by atoms with van der Waals surface area (Å²) in [5.74, 6) is 0.412. The normalized spacial score (nSPS) is 21.1. The summed E-state index contributed by atoms with van der Waals surface area (Å²) in [5.41, 5.74) is 4.99. The number of aliphatic hydroxyl groups is 1. The minimum Gasteiger partial charge on any atom is -0.384 e. The van der Waals surface area contributed by atoms with Crippen molar-refractivity contribution < 1.29 is 19.1 Å². The molecule has 15 nitrogen and oxygen atoms in total. The van der Waals surface area contributed by atoms with Crippen LogP contribution in [-0.2, 0) is 28.2 Å². The molecule has 0 bridgehead atoms. The number of hydrogen-bond acceptors (Lipinski definition) is 12. The first kappa shape index (κ1) is 40.3. The number of carbonyl (C=O) groups excluding carboxylic acids is 2. The fourth-order valence-corrected chi connectivity index (χ4v) is 9.36. The Labute approximate surface area is 353 Å². The molecule has 16 heteroatoms. The van der Waals surface area contributed by atoms with Crippen LogP contribution in [0.1, 0.15) is 55.8 Å². The smallest absolute Gasteiger partial charge is 0.278 e. The number of amides is 2. The molecule has 3 fully saturated rings. The molecule has 3 aliphatic heterocycles. The van der Waals surface area contributed by atoms with Gasteiger partial charge < -0.3 is 25.5 Å². The van der Waals surface area contributed by atoms with Crippen molar-refractivity contribution >= 4 is 51.5 Å². The van der Waals surface area contributed by atoms with Gasteiger partial charge in [0.15, 0.2) is 11.5 Å². The number of piperidine rings is 2. The summed E-state index contributed by atoms with van der Waals surface area (Å²) in [6.07, 6.45) is 7.18. The van der Waals surface area contributed by atoms with E-state index in [4.69, 9.17) is 9.97 Å². The van der Waals surface area contributed by atoms with Gasteiger partial charge in [0.2, 0.25) is 17.8 Å². The summed E-state index contributed by atoms with van der Waals surface area (Å²) in [6.45, 7) is 14.4. The molecule has 5 aromatic rings. The Kier molecular flexibility index (Phi) is 10.8. The van der Waals surface area contributed by atoms with Crippen molar-refractivity contribution in [3.05, 3.63) is 100 Å². The average Bonchev–Trinajstić information content (AvgIpc) is 3.70. The fourth-order valence-electron chi connectivity index (χ4n) is 9.36. The Morgan fingerprint density at radius 3 is 2.43 bits per heavy atom. The van der Waals surface area contributed by atoms with Crippen LogP contribution in [0.5, 0.6) is 0 Å². The number of benzene rings is 2. The van der Waals surface area contributed by atoms with Crippen LogP contribution >= 0.6 is 0 Å². The molecular formula is C45H52FN11O4. The first-order valence-electron chi connectivity index (χ1n) is 21.3. The van der Waals surface area contributed by atoms with E-state index in [0.29, 0.717) is 58.6 Å². The summed E-state index contributed by atoms with van der Waals surface area (Å²) in [5, 5.41) is 20.1. The first-order valence-corrected chi connectivity index (χ1v) is 21.3. The number of carbonyl (C=O) groups is 2. The molecule has 4 N–H and O–H groups in total. The number of nitrogens with one attached hydrogen (secondary N) is 3. The van der Waals surface area contributed by atoms with Gasteiger partial charge in [0.25, 0.3) is 5.56 Å². The van der Waals surface area contributed by atoms with Gasteiger partial charge in [-0.2, -0.15) is 4.98 Å². The Hall–Kier alpha value is -6.13. The first-order chi connectivity index (χ1) is 29.4. The number of piperazine rings is 1. The van der Waals surface area contributed by atoms with E-state index >= 15 is 4.39 Å². The number of nitrogens with zero attached hydrogens (tertiary/aromatic N) is 8. The number of aromatic nitrogens is 5. The Bertz CT molecular complexity index is 2570. The molecule has 4 aliphatic rings. The molecule has 0 spiro atoms. The largest absolute Gasteiger partial charge is 0.384 e. The van der Waals surface area contributed by atoms with Gasteiger partial charge in [-0.1, -0.05) is 12.1 Å². The zero-order chi connectivity index (χ0) is 42.4. The Morgan fingerprint density at radius 2 is 1.69 bits per heavy atom. The average molecular weight is 830 g/mol. The minimum absolute atomic E-state index is 0.247. The molecule has 2 aromatic carbocycles. The third-order valence-electron chi connectivity index (χ3n) is 12.7. The van der Waals surface area contributed by atoms with E-state index in [2.05, 4.69) is 61.3 Å². The molecule has 2 amide bonds. The predicted octanol–water partition coefficient (Wildman–Crippen LogP) is 4.76. The molecule has 9 rings (SSSR count). The van der Waals surface area contributed by atoms with Crippen LogP contribution in [-0.4, -0.2) is 98.0 Å². The van der Waals surface area contributed by atoms with Crippen molar-refractivity contribution in [2.24, 2.45) is 5.92 Å². The monoisotopic (exact) mass is 829 g/mol. The highest BCUT2D eigenvalue weighted by molar-refractivity contribution is 6.01. The fraction of sp³-hybridized carbons (Fsp3) is 0.422. The van der Waals surface area contributed by atoms with Gasteiger partial charge in [-0.15, -0.1) is 6.58 Å². The van der Waals surface area contributed by atoms with Gasteiger partial charge in [0.1, 0.15) is 22.8 Å². The van der Waals surface area contributed by atoms with Crippen molar-refractivity contribution in [2.45, 2.75) is 70.6 Å². The van der Waals surface area contributed by atoms with Gasteiger partial charge >= 0.3 is 0 Å². The highest BCUT2D eigenvalue weighted by atomic mass is 19.1. The van der Waals surface area contributed by atoms with Gasteiger partial charge in [0.05, 0.1) is 17.9 Å². The molecule has 1 aliphatic carbocycles. The molecule has 3 aromatic heterocycles. The van der Waals surface area contributed by atoms with Crippen LogP contribution in [0.25, 0.3) is 16.9 Å². The number of fused-ring (bicyclic) bond motifs is 2. The van der Waals surface area contributed by atoms with Crippen LogP contribution in [0.2, 0.25) is 0 Å². The zero-order valence-corrected chi connectivity index (χ0v) is 34.7.